The minimum Gasteiger partial charge on any atom is -0.480 e. The van der Waals surface area contributed by atoms with E-state index in [-0.39, 0.29) is 5.91 Å². The standard InChI is InChI=1S/C13H21N3O2/c1-18-13-11(7-6-10-15-13)16-12(17)8-4-2-3-5-9-14/h6-7,10H,2-5,8-9,14H2,1H3,(H,16,17). The number of hydrogen-bond acceptors (Lipinski definition) is 4. The molecule has 100 valence electrons. The predicted octanol–water partition coefficient (Wildman–Crippen LogP) is 1.94. The van der Waals surface area contributed by atoms with Gasteiger partial charge in [0.05, 0.1) is 7.11 Å². The molecule has 5 heteroatoms. The zero-order valence-corrected chi connectivity index (χ0v) is 10.8. The first-order chi connectivity index (χ1) is 8.77. The molecule has 1 amide bonds. The van der Waals surface area contributed by atoms with Crippen LogP contribution in [-0.4, -0.2) is 24.5 Å². The Hall–Kier alpha value is -1.62. The third-order valence-corrected chi connectivity index (χ3v) is 2.60. The highest BCUT2D eigenvalue weighted by molar-refractivity contribution is 5.91. The van der Waals surface area contributed by atoms with Gasteiger partial charge in [-0.15, -0.1) is 0 Å². The summed E-state index contributed by atoms with van der Waals surface area (Å²) in [5.41, 5.74) is 6.02. The monoisotopic (exact) mass is 251 g/mol. The van der Waals surface area contributed by atoms with E-state index in [9.17, 15) is 4.79 Å². The van der Waals surface area contributed by atoms with Crippen molar-refractivity contribution in [3.63, 3.8) is 0 Å². The van der Waals surface area contributed by atoms with E-state index in [1.165, 1.54) is 7.11 Å². The molecule has 0 bridgehead atoms. The highest BCUT2D eigenvalue weighted by atomic mass is 16.5. The van der Waals surface area contributed by atoms with E-state index in [1.807, 2.05) is 0 Å². The molecule has 1 rings (SSSR count). The molecule has 0 spiro atoms. The number of nitrogens with zero attached hydrogens (tertiary/aromatic N) is 1. The minimum absolute atomic E-state index is 0.00551. The lowest BCUT2D eigenvalue weighted by Gasteiger charge is -2.08. The fraction of sp³-hybridized carbons (Fsp3) is 0.538. The Labute approximate surface area is 108 Å². The molecule has 0 saturated carbocycles. The number of unbranched alkanes of at least 4 members (excludes halogenated alkanes) is 3. The first-order valence-electron chi connectivity index (χ1n) is 6.27. The van der Waals surface area contributed by atoms with Crippen LogP contribution in [0.3, 0.4) is 0 Å². The second-order valence-electron chi connectivity index (χ2n) is 4.06. The lowest BCUT2D eigenvalue weighted by atomic mass is 10.1. The molecule has 3 N–H and O–H groups in total. The van der Waals surface area contributed by atoms with Crippen molar-refractivity contribution in [3.8, 4) is 5.88 Å². The maximum atomic E-state index is 11.7. The van der Waals surface area contributed by atoms with Gasteiger partial charge in [0.2, 0.25) is 11.8 Å². The minimum atomic E-state index is -0.00551. The second kappa shape index (κ2) is 8.47. The van der Waals surface area contributed by atoms with Crippen molar-refractivity contribution in [2.75, 3.05) is 19.0 Å². The number of anilines is 1. The highest BCUT2D eigenvalue weighted by Crippen LogP contribution is 2.20. The maximum Gasteiger partial charge on any atom is 0.237 e. The highest BCUT2D eigenvalue weighted by Gasteiger charge is 2.07. The molecule has 1 heterocycles. The van der Waals surface area contributed by atoms with Gasteiger partial charge in [0.1, 0.15) is 5.69 Å². The Bertz CT molecular complexity index is 369. The number of ether oxygens (including phenoxy) is 1. The molecule has 0 atom stereocenters. The van der Waals surface area contributed by atoms with Crippen LogP contribution < -0.4 is 15.8 Å². The van der Waals surface area contributed by atoms with E-state index in [0.29, 0.717) is 18.0 Å². The number of nitrogens with two attached hydrogens (primary N) is 1. The van der Waals surface area contributed by atoms with Crippen LogP contribution in [-0.2, 0) is 4.79 Å². The van der Waals surface area contributed by atoms with Gasteiger partial charge in [-0.2, -0.15) is 0 Å². The zero-order valence-electron chi connectivity index (χ0n) is 10.8. The topological polar surface area (TPSA) is 77.2 Å². The molecule has 0 aliphatic carbocycles. The normalized spacial score (nSPS) is 10.1. The van der Waals surface area contributed by atoms with Gasteiger partial charge >= 0.3 is 0 Å². The largest absolute Gasteiger partial charge is 0.480 e. The summed E-state index contributed by atoms with van der Waals surface area (Å²) >= 11 is 0. The van der Waals surface area contributed by atoms with Gasteiger partial charge in [-0.3, -0.25) is 4.79 Å². The van der Waals surface area contributed by atoms with Gasteiger partial charge in [-0.05, 0) is 31.5 Å². The molecule has 0 aliphatic rings. The van der Waals surface area contributed by atoms with Crippen molar-refractivity contribution in [2.45, 2.75) is 32.1 Å². The number of amides is 1. The summed E-state index contributed by atoms with van der Waals surface area (Å²) in [5, 5.41) is 2.80. The van der Waals surface area contributed by atoms with E-state index in [2.05, 4.69) is 10.3 Å². The number of rotatable bonds is 8. The van der Waals surface area contributed by atoms with Crippen LogP contribution in [0, 0.1) is 0 Å². The molecule has 0 aromatic carbocycles. The molecule has 5 nitrogen and oxygen atoms in total. The number of carbonyl (C=O) groups excluding carboxylic acids is 1. The van der Waals surface area contributed by atoms with Crippen LogP contribution in [0.2, 0.25) is 0 Å². The SMILES string of the molecule is COc1ncccc1NC(=O)CCCCCCN. The fourth-order valence-corrected chi connectivity index (χ4v) is 1.64. The van der Waals surface area contributed by atoms with Crippen LogP contribution in [0.15, 0.2) is 18.3 Å². The number of hydrogen-bond donors (Lipinski definition) is 2. The Balaban J connectivity index is 2.31. The van der Waals surface area contributed by atoms with Crippen molar-refractivity contribution in [2.24, 2.45) is 5.73 Å². The molecule has 1 aromatic heterocycles. The summed E-state index contributed by atoms with van der Waals surface area (Å²) in [4.78, 5) is 15.7. The molecule has 0 unspecified atom stereocenters. The third kappa shape index (κ3) is 5.14. The average molecular weight is 251 g/mol. The predicted molar refractivity (Wildman–Crippen MR) is 71.6 cm³/mol. The van der Waals surface area contributed by atoms with E-state index in [1.54, 1.807) is 18.3 Å². The Morgan fingerprint density at radius 3 is 2.89 bits per heavy atom. The van der Waals surface area contributed by atoms with Gasteiger partial charge in [0.15, 0.2) is 0 Å². The van der Waals surface area contributed by atoms with Gasteiger partial charge in [0, 0.05) is 12.6 Å². The smallest absolute Gasteiger partial charge is 0.237 e. The van der Waals surface area contributed by atoms with Crippen LogP contribution in [0.1, 0.15) is 32.1 Å². The summed E-state index contributed by atoms with van der Waals surface area (Å²) in [7, 11) is 1.53. The Morgan fingerprint density at radius 1 is 1.39 bits per heavy atom. The first kappa shape index (κ1) is 14.4. The third-order valence-electron chi connectivity index (χ3n) is 2.60. The number of methoxy groups -OCH3 is 1. The van der Waals surface area contributed by atoms with Crippen LogP contribution in [0.25, 0.3) is 0 Å². The number of pyridine rings is 1. The summed E-state index contributed by atoms with van der Waals surface area (Å²) in [6.45, 7) is 0.721. The summed E-state index contributed by atoms with van der Waals surface area (Å²) in [6, 6.07) is 3.54. The molecule has 0 fully saturated rings. The molecule has 0 aliphatic heterocycles. The van der Waals surface area contributed by atoms with Gasteiger partial charge in [-0.25, -0.2) is 4.98 Å². The van der Waals surface area contributed by atoms with Crippen LogP contribution >= 0.6 is 0 Å². The quantitative estimate of drug-likeness (QED) is 0.692. The van der Waals surface area contributed by atoms with E-state index >= 15 is 0 Å². The summed E-state index contributed by atoms with van der Waals surface area (Å²) in [6.07, 6.45) is 6.17. The van der Waals surface area contributed by atoms with Gasteiger partial charge in [-0.1, -0.05) is 12.8 Å². The molecule has 1 aromatic rings. The molecule has 18 heavy (non-hydrogen) atoms. The van der Waals surface area contributed by atoms with Gasteiger partial charge in [0.25, 0.3) is 0 Å². The van der Waals surface area contributed by atoms with Crippen molar-refractivity contribution in [1.82, 2.24) is 4.98 Å². The lowest BCUT2D eigenvalue weighted by Crippen LogP contribution is -2.12. The number of aromatic nitrogens is 1. The molecule has 0 radical (unpaired) electrons. The molecular weight excluding hydrogens is 230 g/mol. The molecular formula is C13H21N3O2. The first-order valence-corrected chi connectivity index (χ1v) is 6.27. The van der Waals surface area contributed by atoms with E-state index < -0.39 is 0 Å². The van der Waals surface area contributed by atoms with Crippen molar-refractivity contribution >= 4 is 11.6 Å². The number of nitrogens with one attached hydrogen (secondary N) is 1. The summed E-state index contributed by atoms with van der Waals surface area (Å²) < 4.78 is 5.06. The second-order valence-corrected chi connectivity index (χ2v) is 4.06. The van der Waals surface area contributed by atoms with E-state index in [4.69, 9.17) is 10.5 Å². The van der Waals surface area contributed by atoms with Crippen molar-refractivity contribution in [3.05, 3.63) is 18.3 Å². The lowest BCUT2D eigenvalue weighted by molar-refractivity contribution is -0.116. The summed E-state index contributed by atoms with van der Waals surface area (Å²) in [5.74, 6) is 0.433. The molecule has 0 saturated heterocycles. The van der Waals surface area contributed by atoms with Crippen LogP contribution in [0.5, 0.6) is 5.88 Å². The number of carbonyl (C=O) groups is 1. The Morgan fingerprint density at radius 2 is 2.17 bits per heavy atom. The van der Waals surface area contributed by atoms with Crippen LogP contribution in [0.4, 0.5) is 5.69 Å². The van der Waals surface area contributed by atoms with Gasteiger partial charge < -0.3 is 15.8 Å². The fourth-order valence-electron chi connectivity index (χ4n) is 1.64. The van der Waals surface area contributed by atoms with E-state index in [0.717, 1.165) is 32.2 Å². The van der Waals surface area contributed by atoms with Crippen molar-refractivity contribution in [1.29, 1.82) is 0 Å². The Kier molecular flexibility index (Phi) is 6.79. The van der Waals surface area contributed by atoms with Crippen molar-refractivity contribution < 1.29 is 9.53 Å². The average Bonchev–Trinajstić information content (AvgIpc) is 2.39. The zero-order chi connectivity index (χ0) is 13.2. The maximum absolute atomic E-state index is 11.7.